The molecule has 0 radical (unpaired) electrons. The number of ether oxygens (including phenoxy) is 1. The van der Waals surface area contributed by atoms with Gasteiger partial charge < -0.3 is 10.1 Å². The first-order chi connectivity index (χ1) is 8.83. The Kier molecular flexibility index (Phi) is 3.22. The summed E-state index contributed by atoms with van der Waals surface area (Å²) in [7, 11) is 0. The van der Waals surface area contributed by atoms with Crippen molar-refractivity contribution in [2.45, 2.75) is 6.10 Å². The van der Waals surface area contributed by atoms with E-state index in [1.54, 1.807) is 0 Å². The van der Waals surface area contributed by atoms with Gasteiger partial charge in [0, 0.05) is 23.7 Å². The Morgan fingerprint density at radius 1 is 1.06 bits per heavy atom. The van der Waals surface area contributed by atoms with Crippen LogP contribution in [-0.2, 0) is 0 Å². The van der Waals surface area contributed by atoms with Crippen LogP contribution in [0.1, 0.15) is 0 Å². The third-order valence-electron chi connectivity index (χ3n) is 3.06. The van der Waals surface area contributed by atoms with Crippen molar-refractivity contribution in [1.29, 1.82) is 0 Å². The molecule has 2 nitrogen and oxygen atoms in total. The van der Waals surface area contributed by atoms with Crippen LogP contribution in [0, 0.1) is 0 Å². The minimum atomic E-state index is 0.272. The number of halogens is 1. The minimum Gasteiger partial charge on any atom is -0.487 e. The monoisotopic (exact) mass is 259 g/mol. The summed E-state index contributed by atoms with van der Waals surface area (Å²) in [5, 5.41) is 3.93. The van der Waals surface area contributed by atoms with E-state index in [-0.39, 0.29) is 6.10 Å². The molecule has 1 saturated heterocycles. The molecule has 3 heteroatoms. The third kappa shape index (κ3) is 2.35. The highest BCUT2D eigenvalue weighted by Crippen LogP contribution is 2.33. The van der Waals surface area contributed by atoms with Gasteiger partial charge in [0.15, 0.2) is 0 Å². The lowest BCUT2D eigenvalue weighted by atomic mass is 10.0. The van der Waals surface area contributed by atoms with Crippen LogP contribution in [-0.4, -0.2) is 19.2 Å². The van der Waals surface area contributed by atoms with Gasteiger partial charge in [-0.15, -0.1) is 0 Å². The van der Waals surface area contributed by atoms with E-state index >= 15 is 0 Å². The smallest absolute Gasteiger partial charge is 0.127 e. The fourth-order valence-corrected chi connectivity index (χ4v) is 2.15. The Bertz CT molecular complexity index is 537. The fourth-order valence-electron chi connectivity index (χ4n) is 1.97. The van der Waals surface area contributed by atoms with Crippen molar-refractivity contribution >= 4 is 11.6 Å². The molecule has 3 rings (SSSR count). The first-order valence-electron chi connectivity index (χ1n) is 6.05. The van der Waals surface area contributed by atoms with Crippen LogP contribution in [0.15, 0.2) is 48.5 Å². The summed E-state index contributed by atoms with van der Waals surface area (Å²) in [5.41, 5.74) is 2.18. The van der Waals surface area contributed by atoms with Crippen LogP contribution in [0.2, 0.25) is 5.02 Å². The maximum Gasteiger partial charge on any atom is 0.127 e. The molecule has 0 bridgehead atoms. The molecular formula is C15H14ClNO. The van der Waals surface area contributed by atoms with Gasteiger partial charge in [0.05, 0.1) is 0 Å². The number of nitrogens with one attached hydrogen (secondary N) is 1. The Morgan fingerprint density at radius 3 is 2.50 bits per heavy atom. The second kappa shape index (κ2) is 5.01. The normalized spacial score (nSPS) is 15.2. The summed E-state index contributed by atoms with van der Waals surface area (Å²) in [4.78, 5) is 0. The Labute approximate surface area is 112 Å². The predicted molar refractivity (Wildman–Crippen MR) is 74.2 cm³/mol. The molecule has 0 aliphatic carbocycles. The molecule has 1 N–H and O–H groups in total. The molecule has 2 aromatic rings. The molecule has 1 heterocycles. The van der Waals surface area contributed by atoms with Gasteiger partial charge >= 0.3 is 0 Å². The fraction of sp³-hybridized carbons (Fsp3) is 0.200. The first-order valence-corrected chi connectivity index (χ1v) is 6.43. The molecule has 1 aliphatic heterocycles. The standard InChI is InChI=1S/C15H14ClNO/c16-12-6-7-15(18-13-9-17-10-13)14(8-12)11-4-2-1-3-5-11/h1-8,13,17H,9-10H2. The largest absolute Gasteiger partial charge is 0.487 e. The summed E-state index contributed by atoms with van der Waals surface area (Å²) in [6.45, 7) is 1.83. The van der Waals surface area contributed by atoms with Gasteiger partial charge in [-0.05, 0) is 23.8 Å². The lowest BCUT2D eigenvalue weighted by Crippen LogP contribution is -2.50. The van der Waals surface area contributed by atoms with Gasteiger partial charge in [-0.1, -0.05) is 41.9 Å². The van der Waals surface area contributed by atoms with E-state index in [4.69, 9.17) is 16.3 Å². The molecule has 0 amide bonds. The van der Waals surface area contributed by atoms with E-state index in [2.05, 4.69) is 17.4 Å². The van der Waals surface area contributed by atoms with Crippen molar-refractivity contribution in [2.75, 3.05) is 13.1 Å². The maximum absolute atomic E-state index is 6.08. The summed E-state index contributed by atoms with van der Waals surface area (Å²) in [5.74, 6) is 0.900. The topological polar surface area (TPSA) is 21.3 Å². The van der Waals surface area contributed by atoms with E-state index in [9.17, 15) is 0 Å². The van der Waals surface area contributed by atoms with Crippen molar-refractivity contribution in [1.82, 2.24) is 5.32 Å². The summed E-state index contributed by atoms with van der Waals surface area (Å²) >= 11 is 6.08. The van der Waals surface area contributed by atoms with Crippen LogP contribution in [0.4, 0.5) is 0 Å². The Morgan fingerprint density at radius 2 is 1.83 bits per heavy atom. The van der Waals surface area contributed by atoms with E-state index in [0.29, 0.717) is 0 Å². The highest BCUT2D eigenvalue weighted by Gasteiger charge is 2.20. The zero-order chi connectivity index (χ0) is 12.4. The van der Waals surface area contributed by atoms with Crippen molar-refractivity contribution in [3.63, 3.8) is 0 Å². The second-order valence-corrected chi connectivity index (χ2v) is 4.84. The summed E-state index contributed by atoms with van der Waals surface area (Å²) in [6.07, 6.45) is 0.272. The molecule has 0 atom stereocenters. The Balaban J connectivity index is 1.97. The van der Waals surface area contributed by atoms with Gasteiger partial charge in [-0.3, -0.25) is 0 Å². The van der Waals surface area contributed by atoms with Crippen molar-refractivity contribution in [3.05, 3.63) is 53.6 Å². The number of rotatable bonds is 3. The molecule has 0 spiro atoms. The van der Waals surface area contributed by atoms with Gasteiger partial charge in [0.1, 0.15) is 11.9 Å². The minimum absolute atomic E-state index is 0.272. The molecule has 0 aromatic heterocycles. The second-order valence-electron chi connectivity index (χ2n) is 4.40. The number of benzene rings is 2. The zero-order valence-corrected chi connectivity index (χ0v) is 10.7. The number of hydrogen-bond acceptors (Lipinski definition) is 2. The molecule has 1 fully saturated rings. The van der Waals surface area contributed by atoms with Crippen LogP contribution in [0.3, 0.4) is 0 Å². The van der Waals surface area contributed by atoms with Crippen molar-refractivity contribution in [3.8, 4) is 16.9 Å². The summed E-state index contributed by atoms with van der Waals surface area (Å²) < 4.78 is 5.97. The molecular weight excluding hydrogens is 246 g/mol. The average molecular weight is 260 g/mol. The maximum atomic E-state index is 6.08. The summed E-state index contributed by atoms with van der Waals surface area (Å²) in [6, 6.07) is 16.0. The van der Waals surface area contributed by atoms with Crippen LogP contribution in [0.25, 0.3) is 11.1 Å². The van der Waals surface area contributed by atoms with E-state index in [1.165, 1.54) is 0 Å². The van der Waals surface area contributed by atoms with Gasteiger partial charge in [-0.25, -0.2) is 0 Å². The molecule has 92 valence electrons. The molecule has 0 saturated carbocycles. The van der Waals surface area contributed by atoms with E-state index in [1.807, 2.05) is 36.4 Å². The quantitative estimate of drug-likeness (QED) is 0.913. The lowest BCUT2D eigenvalue weighted by molar-refractivity contribution is 0.143. The zero-order valence-electron chi connectivity index (χ0n) is 9.90. The van der Waals surface area contributed by atoms with Crippen LogP contribution >= 0.6 is 11.6 Å². The van der Waals surface area contributed by atoms with Crippen molar-refractivity contribution in [2.24, 2.45) is 0 Å². The van der Waals surface area contributed by atoms with Crippen LogP contribution in [0.5, 0.6) is 5.75 Å². The molecule has 0 unspecified atom stereocenters. The Hall–Kier alpha value is -1.51. The highest BCUT2D eigenvalue weighted by atomic mass is 35.5. The van der Waals surface area contributed by atoms with Crippen LogP contribution < -0.4 is 10.1 Å². The third-order valence-corrected chi connectivity index (χ3v) is 3.30. The molecule has 2 aromatic carbocycles. The number of hydrogen-bond donors (Lipinski definition) is 1. The molecule has 18 heavy (non-hydrogen) atoms. The van der Waals surface area contributed by atoms with Crippen molar-refractivity contribution < 1.29 is 4.74 Å². The average Bonchev–Trinajstić information content (AvgIpc) is 2.36. The molecule has 1 aliphatic rings. The van der Waals surface area contributed by atoms with Gasteiger partial charge in [0.2, 0.25) is 0 Å². The van der Waals surface area contributed by atoms with E-state index in [0.717, 1.165) is 35.0 Å². The SMILES string of the molecule is Clc1ccc(OC2CNC2)c(-c2ccccc2)c1. The van der Waals surface area contributed by atoms with Gasteiger partial charge in [-0.2, -0.15) is 0 Å². The first kappa shape index (κ1) is 11.6. The van der Waals surface area contributed by atoms with Gasteiger partial charge in [0.25, 0.3) is 0 Å². The predicted octanol–water partition coefficient (Wildman–Crippen LogP) is 3.36. The van der Waals surface area contributed by atoms with E-state index < -0.39 is 0 Å². The lowest BCUT2D eigenvalue weighted by Gasteiger charge is -2.28. The highest BCUT2D eigenvalue weighted by molar-refractivity contribution is 6.31.